The van der Waals surface area contributed by atoms with E-state index in [4.69, 9.17) is 4.74 Å². The highest BCUT2D eigenvalue weighted by atomic mass is 16.6. The van der Waals surface area contributed by atoms with Gasteiger partial charge in [-0.2, -0.15) is 0 Å². The molecule has 0 unspecified atom stereocenters. The van der Waals surface area contributed by atoms with Gasteiger partial charge >= 0.3 is 5.97 Å². The van der Waals surface area contributed by atoms with Gasteiger partial charge in [0.05, 0.1) is 18.1 Å². The summed E-state index contributed by atoms with van der Waals surface area (Å²) in [7, 11) is 0. The van der Waals surface area contributed by atoms with Crippen molar-refractivity contribution in [2.24, 2.45) is 5.92 Å². The van der Waals surface area contributed by atoms with Gasteiger partial charge in [0.1, 0.15) is 6.10 Å². The lowest BCUT2D eigenvalue weighted by Gasteiger charge is -2.25. The van der Waals surface area contributed by atoms with Gasteiger partial charge in [0.25, 0.3) is 0 Å². The Labute approximate surface area is 113 Å². The molecule has 1 aliphatic carbocycles. The molecule has 0 aromatic rings. The standard InChI is InChI=1S/C15H20O4/c1-8-4-5-11(16)9(2)7-13-14(12(17)6-8)10(3)15(18)19-13/h6,11-14,16-17H,2-5,7H2,1H3/b8-6+/t11-,12+,13-,14-/m0/s1. The van der Waals surface area contributed by atoms with Gasteiger partial charge in [-0.05, 0) is 25.3 Å². The quantitative estimate of drug-likeness (QED) is 0.395. The summed E-state index contributed by atoms with van der Waals surface area (Å²) < 4.78 is 5.23. The first-order chi connectivity index (χ1) is 8.90. The SMILES string of the molecule is C=C1C(=O)O[C@H]2CC(=C)[C@@H](O)CC/C(C)=C/[C@@H](O)[C@H]12. The second kappa shape index (κ2) is 5.31. The summed E-state index contributed by atoms with van der Waals surface area (Å²) in [5.74, 6) is -0.925. The fourth-order valence-electron chi connectivity index (χ4n) is 2.68. The number of ether oxygens (including phenoxy) is 1. The van der Waals surface area contributed by atoms with E-state index in [1.807, 2.05) is 6.92 Å². The van der Waals surface area contributed by atoms with Crippen molar-refractivity contribution in [3.8, 4) is 0 Å². The zero-order valence-electron chi connectivity index (χ0n) is 11.1. The number of hydrogen-bond acceptors (Lipinski definition) is 4. The Morgan fingerprint density at radius 2 is 2.05 bits per heavy atom. The largest absolute Gasteiger partial charge is 0.458 e. The molecule has 1 fully saturated rings. The highest BCUT2D eigenvalue weighted by Crippen LogP contribution is 2.35. The molecule has 0 saturated carbocycles. The maximum absolute atomic E-state index is 11.6. The predicted octanol–water partition coefficient (Wildman–Crippen LogP) is 1.49. The van der Waals surface area contributed by atoms with E-state index >= 15 is 0 Å². The van der Waals surface area contributed by atoms with Gasteiger partial charge in [0, 0.05) is 12.0 Å². The summed E-state index contributed by atoms with van der Waals surface area (Å²) in [6.07, 6.45) is 1.47. The van der Waals surface area contributed by atoms with E-state index in [1.54, 1.807) is 6.08 Å². The van der Waals surface area contributed by atoms with Crippen LogP contribution in [0.4, 0.5) is 0 Å². The number of aliphatic hydroxyl groups excluding tert-OH is 2. The molecule has 0 radical (unpaired) electrons. The normalized spacial score (nSPS) is 39.3. The van der Waals surface area contributed by atoms with Crippen LogP contribution in [0, 0.1) is 5.92 Å². The third-order valence-electron chi connectivity index (χ3n) is 3.89. The van der Waals surface area contributed by atoms with Crippen molar-refractivity contribution in [3.05, 3.63) is 36.0 Å². The lowest BCUT2D eigenvalue weighted by molar-refractivity contribution is -0.139. The molecule has 1 saturated heterocycles. The van der Waals surface area contributed by atoms with Crippen molar-refractivity contribution in [3.63, 3.8) is 0 Å². The third kappa shape index (κ3) is 2.80. The average Bonchev–Trinajstić information content (AvgIpc) is 2.60. The van der Waals surface area contributed by atoms with Crippen molar-refractivity contribution in [2.75, 3.05) is 0 Å². The molecule has 19 heavy (non-hydrogen) atoms. The molecular formula is C15H20O4. The van der Waals surface area contributed by atoms with Crippen LogP contribution in [0.25, 0.3) is 0 Å². The van der Waals surface area contributed by atoms with Crippen LogP contribution in [-0.4, -0.2) is 34.5 Å². The Morgan fingerprint density at radius 1 is 1.37 bits per heavy atom. The van der Waals surface area contributed by atoms with E-state index < -0.39 is 30.2 Å². The minimum atomic E-state index is -0.785. The van der Waals surface area contributed by atoms with Crippen LogP contribution in [0.5, 0.6) is 0 Å². The second-order valence-corrected chi connectivity index (χ2v) is 5.42. The number of hydrogen-bond donors (Lipinski definition) is 2. The Hall–Kier alpha value is -1.39. The molecule has 0 aromatic carbocycles. The summed E-state index contributed by atoms with van der Waals surface area (Å²) >= 11 is 0. The van der Waals surface area contributed by atoms with E-state index in [0.717, 1.165) is 5.57 Å². The number of carbonyl (C=O) groups excluding carboxylic acids is 1. The minimum Gasteiger partial charge on any atom is -0.458 e. The molecule has 0 bridgehead atoms. The van der Waals surface area contributed by atoms with Crippen LogP contribution >= 0.6 is 0 Å². The first kappa shape index (κ1) is 14.0. The van der Waals surface area contributed by atoms with Crippen LogP contribution in [0.3, 0.4) is 0 Å². The lowest BCUT2D eigenvalue weighted by atomic mass is 9.84. The highest BCUT2D eigenvalue weighted by Gasteiger charge is 2.42. The van der Waals surface area contributed by atoms with Crippen LogP contribution < -0.4 is 0 Å². The van der Waals surface area contributed by atoms with Gasteiger partial charge in [0.2, 0.25) is 0 Å². The second-order valence-electron chi connectivity index (χ2n) is 5.42. The van der Waals surface area contributed by atoms with Gasteiger partial charge in [-0.15, -0.1) is 0 Å². The van der Waals surface area contributed by atoms with Gasteiger partial charge < -0.3 is 14.9 Å². The molecule has 0 aromatic heterocycles. The molecule has 1 heterocycles. The van der Waals surface area contributed by atoms with E-state index in [0.29, 0.717) is 30.4 Å². The molecular weight excluding hydrogens is 244 g/mol. The number of rotatable bonds is 0. The molecule has 4 nitrogen and oxygen atoms in total. The maximum atomic E-state index is 11.6. The first-order valence-electron chi connectivity index (χ1n) is 6.51. The zero-order valence-corrected chi connectivity index (χ0v) is 11.1. The molecule has 0 spiro atoms. The molecule has 2 N–H and O–H groups in total. The Morgan fingerprint density at radius 3 is 2.74 bits per heavy atom. The van der Waals surface area contributed by atoms with E-state index in [-0.39, 0.29) is 0 Å². The molecule has 1 aliphatic heterocycles. The highest BCUT2D eigenvalue weighted by molar-refractivity contribution is 5.91. The number of fused-ring (bicyclic) bond motifs is 1. The summed E-state index contributed by atoms with van der Waals surface area (Å²) in [6.45, 7) is 9.47. The number of carbonyl (C=O) groups is 1. The van der Waals surface area contributed by atoms with E-state index in [9.17, 15) is 15.0 Å². The summed E-state index contributed by atoms with van der Waals surface area (Å²) in [5, 5.41) is 20.2. The minimum absolute atomic E-state index is 0.296. The maximum Gasteiger partial charge on any atom is 0.334 e. The molecule has 0 amide bonds. The van der Waals surface area contributed by atoms with Crippen molar-refractivity contribution in [2.45, 2.75) is 44.5 Å². The zero-order chi connectivity index (χ0) is 14.2. The average molecular weight is 264 g/mol. The van der Waals surface area contributed by atoms with Crippen molar-refractivity contribution in [1.29, 1.82) is 0 Å². The van der Waals surface area contributed by atoms with Crippen LogP contribution in [-0.2, 0) is 9.53 Å². The number of allylic oxidation sites excluding steroid dienone is 1. The van der Waals surface area contributed by atoms with Crippen molar-refractivity contribution in [1.82, 2.24) is 0 Å². The Kier molecular flexibility index (Phi) is 3.92. The fraction of sp³-hybridized carbons (Fsp3) is 0.533. The number of aliphatic hydroxyl groups is 2. The molecule has 2 rings (SSSR count). The van der Waals surface area contributed by atoms with Crippen LogP contribution in [0.2, 0.25) is 0 Å². The Bertz CT molecular complexity index is 449. The van der Waals surface area contributed by atoms with E-state index in [1.165, 1.54) is 0 Å². The molecule has 104 valence electrons. The third-order valence-corrected chi connectivity index (χ3v) is 3.89. The van der Waals surface area contributed by atoms with Crippen molar-refractivity contribution >= 4 is 5.97 Å². The first-order valence-corrected chi connectivity index (χ1v) is 6.51. The van der Waals surface area contributed by atoms with Gasteiger partial charge in [0.15, 0.2) is 0 Å². The number of esters is 1. The molecule has 4 heteroatoms. The van der Waals surface area contributed by atoms with E-state index in [2.05, 4.69) is 13.2 Å². The summed E-state index contributed by atoms with van der Waals surface area (Å²) in [5.41, 5.74) is 1.91. The van der Waals surface area contributed by atoms with Gasteiger partial charge in [-0.1, -0.05) is 24.8 Å². The summed E-state index contributed by atoms with van der Waals surface area (Å²) in [4.78, 5) is 11.6. The molecule has 2 aliphatic rings. The fourth-order valence-corrected chi connectivity index (χ4v) is 2.68. The topological polar surface area (TPSA) is 66.8 Å². The smallest absolute Gasteiger partial charge is 0.334 e. The summed E-state index contributed by atoms with van der Waals surface area (Å²) in [6, 6.07) is 0. The van der Waals surface area contributed by atoms with Gasteiger partial charge in [-0.25, -0.2) is 4.79 Å². The monoisotopic (exact) mass is 264 g/mol. The molecule has 4 atom stereocenters. The van der Waals surface area contributed by atoms with Crippen LogP contribution in [0.1, 0.15) is 26.2 Å². The van der Waals surface area contributed by atoms with Gasteiger partial charge in [-0.3, -0.25) is 0 Å². The van der Waals surface area contributed by atoms with Crippen molar-refractivity contribution < 1.29 is 19.7 Å². The Balaban J connectivity index is 2.33. The van der Waals surface area contributed by atoms with Crippen LogP contribution in [0.15, 0.2) is 36.0 Å². The lowest BCUT2D eigenvalue weighted by Crippen LogP contribution is -2.30. The predicted molar refractivity (Wildman–Crippen MR) is 71.3 cm³/mol.